The Labute approximate surface area is 138 Å². The highest BCUT2D eigenvalue weighted by Gasteiger charge is 2.07. The molecule has 2 aromatic rings. The van der Waals surface area contributed by atoms with Crippen molar-refractivity contribution in [3.63, 3.8) is 0 Å². The van der Waals surface area contributed by atoms with Gasteiger partial charge in [-0.15, -0.1) is 0 Å². The first-order valence-corrected chi connectivity index (χ1v) is 7.39. The smallest absolute Gasteiger partial charge is 0.251 e. The number of nitrogens with one attached hydrogen (secondary N) is 2. The van der Waals surface area contributed by atoms with Crippen molar-refractivity contribution in [2.24, 2.45) is 0 Å². The fraction of sp³-hybridized carbons (Fsp3) is 0.125. The quantitative estimate of drug-likeness (QED) is 0.824. The van der Waals surface area contributed by atoms with Gasteiger partial charge in [0, 0.05) is 34.3 Å². The Kier molecular flexibility index (Phi) is 5.81. The molecule has 4 nitrogen and oxygen atoms in total. The lowest BCUT2D eigenvalue weighted by Crippen LogP contribution is -2.34. The van der Waals surface area contributed by atoms with Crippen LogP contribution in [0.4, 0.5) is 0 Å². The molecule has 22 heavy (non-hydrogen) atoms. The molecule has 0 radical (unpaired) electrons. The summed E-state index contributed by atoms with van der Waals surface area (Å²) < 4.78 is 0. The van der Waals surface area contributed by atoms with E-state index in [1.54, 1.807) is 48.5 Å². The molecule has 2 aromatic carbocycles. The Bertz CT molecular complexity index is 672. The minimum absolute atomic E-state index is 0.214. The average molecular weight is 337 g/mol. The monoisotopic (exact) mass is 336 g/mol. The van der Waals surface area contributed by atoms with Gasteiger partial charge >= 0.3 is 0 Å². The summed E-state index contributed by atoms with van der Waals surface area (Å²) in [5, 5.41) is 6.50. The molecule has 0 spiro atoms. The molecule has 0 fully saturated rings. The van der Waals surface area contributed by atoms with Crippen LogP contribution in [0.25, 0.3) is 0 Å². The van der Waals surface area contributed by atoms with E-state index in [9.17, 15) is 9.59 Å². The fourth-order valence-electron chi connectivity index (χ4n) is 1.79. The van der Waals surface area contributed by atoms with E-state index in [1.165, 1.54) is 0 Å². The summed E-state index contributed by atoms with van der Waals surface area (Å²) >= 11 is 11.6. The van der Waals surface area contributed by atoms with Crippen LogP contribution in [0, 0.1) is 0 Å². The van der Waals surface area contributed by atoms with Crippen molar-refractivity contribution in [1.29, 1.82) is 0 Å². The molecule has 2 rings (SSSR count). The molecule has 0 bridgehead atoms. The summed E-state index contributed by atoms with van der Waals surface area (Å²) in [6, 6.07) is 13.3. The Morgan fingerprint density at radius 1 is 0.773 bits per heavy atom. The predicted octanol–water partition coefficient (Wildman–Crippen LogP) is 3.15. The summed E-state index contributed by atoms with van der Waals surface area (Å²) in [6.45, 7) is 0.651. The number of carbonyl (C=O) groups excluding carboxylic acids is 2. The van der Waals surface area contributed by atoms with Crippen LogP contribution in [0.3, 0.4) is 0 Å². The van der Waals surface area contributed by atoms with Crippen LogP contribution < -0.4 is 10.6 Å². The van der Waals surface area contributed by atoms with Gasteiger partial charge in [0.2, 0.25) is 0 Å². The van der Waals surface area contributed by atoms with Gasteiger partial charge in [0.15, 0.2) is 0 Å². The van der Waals surface area contributed by atoms with Crippen LogP contribution in [0.5, 0.6) is 0 Å². The lowest BCUT2D eigenvalue weighted by atomic mass is 10.2. The van der Waals surface area contributed by atoms with Gasteiger partial charge in [0.1, 0.15) is 0 Å². The number of hydrogen-bond donors (Lipinski definition) is 2. The van der Waals surface area contributed by atoms with E-state index >= 15 is 0 Å². The van der Waals surface area contributed by atoms with Gasteiger partial charge in [0.25, 0.3) is 11.8 Å². The van der Waals surface area contributed by atoms with Gasteiger partial charge in [0.05, 0.1) is 0 Å². The second-order valence-electron chi connectivity index (χ2n) is 4.53. The van der Waals surface area contributed by atoms with Gasteiger partial charge < -0.3 is 10.6 Å². The van der Waals surface area contributed by atoms with Crippen LogP contribution in [-0.2, 0) is 0 Å². The van der Waals surface area contributed by atoms with E-state index in [-0.39, 0.29) is 11.8 Å². The summed E-state index contributed by atoms with van der Waals surface area (Å²) in [6.07, 6.45) is 0. The zero-order valence-corrected chi connectivity index (χ0v) is 13.1. The topological polar surface area (TPSA) is 58.2 Å². The third-order valence-corrected chi connectivity index (χ3v) is 3.38. The highest BCUT2D eigenvalue weighted by Crippen LogP contribution is 2.10. The molecule has 0 aromatic heterocycles. The molecule has 0 unspecified atom stereocenters. The first-order valence-electron chi connectivity index (χ1n) is 6.64. The Hall–Kier alpha value is -2.04. The van der Waals surface area contributed by atoms with Crippen LogP contribution in [-0.4, -0.2) is 24.9 Å². The zero-order valence-electron chi connectivity index (χ0n) is 11.6. The Balaban J connectivity index is 1.76. The molecule has 114 valence electrons. The molecule has 0 saturated heterocycles. The van der Waals surface area contributed by atoms with Gasteiger partial charge in [-0.05, 0) is 42.5 Å². The van der Waals surface area contributed by atoms with Gasteiger partial charge in [-0.3, -0.25) is 9.59 Å². The molecule has 0 atom stereocenters. The van der Waals surface area contributed by atoms with Crippen LogP contribution >= 0.6 is 23.2 Å². The third kappa shape index (κ3) is 4.76. The summed E-state index contributed by atoms with van der Waals surface area (Å²) in [4.78, 5) is 23.7. The van der Waals surface area contributed by atoms with Crippen molar-refractivity contribution >= 4 is 35.0 Å². The van der Waals surface area contributed by atoms with Crippen LogP contribution in [0.2, 0.25) is 10.0 Å². The maximum absolute atomic E-state index is 11.9. The van der Waals surface area contributed by atoms with Crippen molar-refractivity contribution in [2.45, 2.75) is 0 Å². The maximum Gasteiger partial charge on any atom is 0.251 e. The molecule has 2 amide bonds. The minimum atomic E-state index is -0.233. The highest BCUT2D eigenvalue weighted by atomic mass is 35.5. The van der Waals surface area contributed by atoms with Crippen molar-refractivity contribution in [3.05, 3.63) is 69.7 Å². The Morgan fingerprint density at radius 3 is 1.95 bits per heavy atom. The number of amides is 2. The Morgan fingerprint density at radius 2 is 1.36 bits per heavy atom. The standard InChI is InChI=1S/C16H14Cl2N2O2/c17-13-6-4-11(5-7-13)15(21)19-8-9-20-16(22)12-2-1-3-14(18)10-12/h1-7,10H,8-9H2,(H,19,21)(H,20,22). The number of benzene rings is 2. The first kappa shape index (κ1) is 16.3. The van der Waals surface area contributed by atoms with E-state index in [1.807, 2.05) is 0 Å². The van der Waals surface area contributed by atoms with Crippen molar-refractivity contribution in [2.75, 3.05) is 13.1 Å². The molecular weight excluding hydrogens is 323 g/mol. The molecular formula is C16H14Cl2N2O2. The largest absolute Gasteiger partial charge is 0.350 e. The molecule has 0 saturated carbocycles. The summed E-state index contributed by atoms with van der Waals surface area (Å²) in [5.41, 5.74) is 1.00. The van der Waals surface area contributed by atoms with Crippen LogP contribution in [0.1, 0.15) is 20.7 Å². The van der Waals surface area contributed by atoms with Crippen molar-refractivity contribution in [3.8, 4) is 0 Å². The number of rotatable bonds is 5. The second-order valence-corrected chi connectivity index (χ2v) is 5.40. The normalized spacial score (nSPS) is 10.1. The van der Waals surface area contributed by atoms with Gasteiger partial charge in [-0.1, -0.05) is 29.3 Å². The van der Waals surface area contributed by atoms with E-state index in [2.05, 4.69) is 10.6 Å². The highest BCUT2D eigenvalue weighted by molar-refractivity contribution is 6.31. The number of halogens is 2. The molecule has 0 heterocycles. The number of hydrogen-bond acceptors (Lipinski definition) is 2. The lowest BCUT2D eigenvalue weighted by Gasteiger charge is -2.07. The van der Waals surface area contributed by atoms with E-state index < -0.39 is 0 Å². The van der Waals surface area contributed by atoms with Crippen molar-refractivity contribution < 1.29 is 9.59 Å². The number of carbonyl (C=O) groups is 2. The van der Waals surface area contributed by atoms with E-state index in [0.29, 0.717) is 34.3 Å². The van der Waals surface area contributed by atoms with E-state index in [0.717, 1.165) is 0 Å². The zero-order chi connectivity index (χ0) is 15.9. The average Bonchev–Trinajstić information content (AvgIpc) is 2.51. The first-order chi connectivity index (χ1) is 10.6. The van der Waals surface area contributed by atoms with Crippen molar-refractivity contribution in [1.82, 2.24) is 10.6 Å². The minimum Gasteiger partial charge on any atom is -0.350 e. The maximum atomic E-state index is 11.9. The summed E-state index contributed by atoms with van der Waals surface area (Å²) in [7, 11) is 0. The summed E-state index contributed by atoms with van der Waals surface area (Å²) in [5.74, 6) is -0.447. The van der Waals surface area contributed by atoms with Gasteiger partial charge in [-0.25, -0.2) is 0 Å². The van der Waals surface area contributed by atoms with Crippen LogP contribution in [0.15, 0.2) is 48.5 Å². The third-order valence-electron chi connectivity index (χ3n) is 2.89. The molecule has 0 aliphatic heterocycles. The SMILES string of the molecule is O=C(NCCNC(=O)c1cccc(Cl)c1)c1ccc(Cl)cc1. The second kappa shape index (κ2) is 7.82. The predicted molar refractivity (Wildman–Crippen MR) is 87.6 cm³/mol. The molecule has 0 aliphatic rings. The molecule has 2 N–H and O–H groups in total. The fourth-order valence-corrected chi connectivity index (χ4v) is 2.10. The lowest BCUT2D eigenvalue weighted by molar-refractivity contribution is 0.0927. The van der Waals surface area contributed by atoms with Gasteiger partial charge in [-0.2, -0.15) is 0 Å². The molecule has 0 aliphatic carbocycles. The molecule has 6 heteroatoms. The van der Waals surface area contributed by atoms with E-state index in [4.69, 9.17) is 23.2 Å².